The molecular weight excluding hydrogens is 302 g/mol. The van der Waals surface area contributed by atoms with Gasteiger partial charge in [-0.2, -0.15) is 10.2 Å². The Labute approximate surface area is 143 Å². The summed E-state index contributed by atoms with van der Waals surface area (Å²) in [6, 6.07) is 2.31. The number of amides is 1. The Kier molecular flexibility index (Phi) is 5.02. The second kappa shape index (κ2) is 7.20. The molecule has 3 rings (SSSR count). The average Bonchev–Trinajstić information content (AvgIpc) is 3.10. The molecule has 2 aromatic heterocycles. The van der Waals surface area contributed by atoms with Crippen LogP contribution in [0.1, 0.15) is 42.6 Å². The van der Waals surface area contributed by atoms with Gasteiger partial charge in [0, 0.05) is 31.4 Å². The third-order valence-electron chi connectivity index (χ3n) is 4.75. The quantitative estimate of drug-likeness (QED) is 0.847. The number of likely N-dealkylation sites (tertiary alicyclic amines) is 1. The van der Waals surface area contributed by atoms with Gasteiger partial charge in [-0.15, -0.1) is 0 Å². The molecule has 1 amide bonds. The lowest BCUT2D eigenvalue weighted by Gasteiger charge is -2.36. The predicted molar refractivity (Wildman–Crippen MR) is 92.6 cm³/mol. The van der Waals surface area contributed by atoms with E-state index in [1.165, 1.54) is 6.42 Å². The summed E-state index contributed by atoms with van der Waals surface area (Å²) in [6.45, 7) is 8.37. The van der Waals surface area contributed by atoms with Gasteiger partial charge in [0.2, 0.25) is 5.91 Å². The molecule has 0 spiro atoms. The van der Waals surface area contributed by atoms with Gasteiger partial charge < -0.3 is 4.90 Å². The van der Waals surface area contributed by atoms with Crippen LogP contribution < -0.4 is 0 Å². The molecule has 0 saturated carbocycles. The van der Waals surface area contributed by atoms with Gasteiger partial charge in [0.25, 0.3) is 0 Å². The monoisotopic (exact) mass is 329 g/mol. The van der Waals surface area contributed by atoms with E-state index in [0.717, 1.165) is 42.9 Å². The van der Waals surface area contributed by atoms with Gasteiger partial charge in [-0.3, -0.25) is 14.2 Å². The van der Waals surface area contributed by atoms with Gasteiger partial charge >= 0.3 is 0 Å². The molecule has 3 heterocycles. The first-order chi connectivity index (χ1) is 11.5. The lowest BCUT2D eigenvalue weighted by Crippen LogP contribution is -2.46. The van der Waals surface area contributed by atoms with Gasteiger partial charge in [-0.25, -0.2) is 0 Å². The molecule has 130 valence electrons. The van der Waals surface area contributed by atoms with Gasteiger partial charge in [0.15, 0.2) is 0 Å². The summed E-state index contributed by atoms with van der Waals surface area (Å²) >= 11 is 0. The van der Waals surface area contributed by atoms with Crippen molar-refractivity contribution in [3.05, 3.63) is 35.4 Å². The van der Waals surface area contributed by atoms with Crippen molar-refractivity contribution in [1.29, 1.82) is 0 Å². The van der Waals surface area contributed by atoms with Crippen molar-refractivity contribution in [2.45, 2.75) is 65.6 Å². The van der Waals surface area contributed by atoms with E-state index < -0.39 is 0 Å². The fourth-order valence-electron chi connectivity index (χ4n) is 3.55. The molecule has 0 aromatic carbocycles. The number of hydrogen-bond donors (Lipinski definition) is 0. The smallest absolute Gasteiger partial charge is 0.224 e. The average molecular weight is 329 g/mol. The molecular formula is C18H27N5O. The van der Waals surface area contributed by atoms with Crippen LogP contribution in [0, 0.1) is 20.8 Å². The van der Waals surface area contributed by atoms with Crippen LogP contribution in [0.3, 0.4) is 0 Å². The van der Waals surface area contributed by atoms with E-state index in [9.17, 15) is 4.79 Å². The van der Waals surface area contributed by atoms with Crippen molar-refractivity contribution in [2.24, 2.45) is 0 Å². The maximum Gasteiger partial charge on any atom is 0.224 e. The van der Waals surface area contributed by atoms with Crippen LogP contribution in [0.2, 0.25) is 0 Å². The molecule has 24 heavy (non-hydrogen) atoms. The Morgan fingerprint density at radius 1 is 1.29 bits per heavy atom. The van der Waals surface area contributed by atoms with Gasteiger partial charge in [-0.1, -0.05) is 0 Å². The SMILES string of the molecule is Cc1cnn(C[C@@H]2CCCCN2C(=O)CCn2nc(C)cc2C)c1. The number of carbonyl (C=O) groups excluding carboxylic acids is 1. The summed E-state index contributed by atoms with van der Waals surface area (Å²) in [4.78, 5) is 14.8. The third-order valence-corrected chi connectivity index (χ3v) is 4.75. The third kappa shape index (κ3) is 3.86. The van der Waals surface area contributed by atoms with Crippen LogP contribution >= 0.6 is 0 Å². The van der Waals surface area contributed by atoms with Crippen LogP contribution in [0.25, 0.3) is 0 Å². The molecule has 1 aliphatic heterocycles. The Hall–Kier alpha value is -2.11. The number of rotatable bonds is 5. The Morgan fingerprint density at radius 2 is 2.12 bits per heavy atom. The number of aromatic nitrogens is 4. The van der Waals surface area contributed by atoms with Gasteiger partial charge in [0.05, 0.1) is 24.5 Å². The molecule has 0 radical (unpaired) electrons. The number of nitrogens with zero attached hydrogens (tertiary/aromatic N) is 5. The van der Waals surface area contributed by atoms with E-state index in [2.05, 4.69) is 15.1 Å². The van der Waals surface area contributed by atoms with E-state index in [4.69, 9.17) is 0 Å². The zero-order valence-corrected chi connectivity index (χ0v) is 14.9. The van der Waals surface area contributed by atoms with Crippen LogP contribution in [-0.2, 0) is 17.9 Å². The number of hydrogen-bond acceptors (Lipinski definition) is 3. The zero-order valence-electron chi connectivity index (χ0n) is 14.9. The Morgan fingerprint density at radius 3 is 2.79 bits per heavy atom. The Balaban J connectivity index is 1.61. The highest BCUT2D eigenvalue weighted by atomic mass is 16.2. The normalized spacial score (nSPS) is 18.1. The maximum absolute atomic E-state index is 12.8. The minimum Gasteiger partial charge on any atom is -0.338 e. The first kappa shape index (κ1) is 16.7. The van der Waals surface area contributed by atoms with E-state index in [1.807, 2.05) is 48.6 Å². The summed E-state index contributed by atoms with van der Waals surface area (Å²) in [5, 5.41) is 8.82. The van der Waals surface area contributed by atoms with Crippen molar-refractivity contribution in [1.82, 2.24) is 24.5 Å². The van der Waals surface area contributed by atoms with E-state index in [0.29, 0.717) is 13.0 Å². The molecule has 1 fully saturated rings. The molecule has 0 N–H and O–H groups in total. The number of carbonyl (C=O) groups is 1. The fourth-order valence-corrected chi connectivity index (χ4v) is 3.55. The zero-order chi connectivity index (χ0) is 17.1. The highest BCUT2D eigenvalue weighted by molar-refractivity contribution is 5.76. The van der Waals surface area contributed by atoms with Crippen LogP contribution in [-0.4, -0.2) is 43.0 Å². The molecule has 6 heteroatoms. The van der Waals surface area contributed by atoms with Crippen molar-refractivity contribution in [3.8, 4) is 0 Å². The molecule has 0 bridgehead atoms. The standard InChI is InChI=1S/C18H27N5O/c1-14-11-19-21(12-14)13-17-6-4-5-8-22(17)18(24)7-9-23-16(3)10-15(2)20-23/h10-12,17H,4-9,13H2,1-3H3/t17-/m0/s1. The molecule has 1 atom stereocenters. The summed E-state index contributed by atoms with van der Waals surface area (Å²) < 4.78 is 3.90. The first-order valence-corrected chi connectivity index (χ1v) is 8.82. The lowest BCUT2D eigenvalue weighted by molar-refractivity contribution is -0.135. The van der Waals surface area contributed by atoms with Crippen molar-refractivity contribution in [2.75, 3.05) is 6.54 Å². The fraction of sp³-hybridized carbons (Fsp3) is 0.611. The lowest BCUT2D eigenvalue weighted by atomic mass is 10.0. The first-order valence-electron chi connectivity index (χ1n) is 8.82. The summed E-state index contributed by atoms with van der Waals surface area (Å²) in [5.41, 5.74) is 3.28. The maximum atomic E-state index is 12.8. The summed E-state index contributed by atoms with van der Waals surface area (Å²) in [7, 11) is 0. The van der Waals surface area contributed by atoms with Gasteiger partial charge in [0.1, 0.15) is 0 Å². The molecule has 2 aromatic rings. The highest BCUT2D eigenvalue weighted by Gasteiger charge is 2.27. The van der Waals surface area contributed by atoms with Crippen LogP contribution in [0.4, 0.5) is 0 Å². The van der Waals surface area contributed by atoms with E-state index >= 15 is 0 Å². The molecule has 6 nitrogen and oxygen atoms in total. The number of aryl methyl sites for hydroxylation is 4. The Bertz CT molecular complexity index is 702. The largest absolute Gasteiger partial charge is 0.338 e. The van der Waals surface area contributed by atoms with Crippen LogP contribution in [0.5, 0.6) is 0 Å². The molecule has 0 unspecified atom stereocenters. The second-order valence-corrected chi connectivity index (χ2v) is 6.88. The van der Waals surface area contributed by atoms with E-state index in [1.54, 1.807) is 0 Å². The van der Waals surface area contributed by atoms with Gasteiger partial charge in [-0.05, 0) is 51.7 Å². The minimum atomic E-state index is 0.233. The van der Waals surface area contributed by atoms with Crippen molar-refractivity contribution < 1.29 is 4.79 Å². The van der Waals surface area contributed by atoms with Crippen molar-refractivity contribution >= 4 is 5.91 Å². The minimum absolute atomic E-state index is 0.233. The van der Waals surface area contributed by atoms with Crippen LogP contribution in [0.15, 0.2) is 18.5 Å². The number of piperidine rings is 1. The van der Waals surface area contributed by atoms with Crippen molar-refractivity contribution in [3.63, 3.8) is 0 Å². The molecule has 1 aliphatic rings. The summed E-state index contributed by atoms with van der Waals surface area (Å²) in [5.74, 6) is 0.233. The predicted octanol–water partition coefficient (Wildman–Crippen LogP) is 2.48. The summed E-state index contributed by atoms with van der Waals surface area (Å²) in [6.07, 6.45) is 7.78. The topological polar surface area (TPSA) is 56.0 Å². The molecule has 1 saturated heterocycles. The second-order valence-electron chi connectivity index (χ2n) is 6.88. The highest BCUT2D eigenvalue weighted by Crippen LogP contribution is 2.20. The molecule has 0 aliphatic carbocycles. The van der Waals surface area contributed by atoms with E-state index in [-0.39, 0.29) is 11.9 Å².